The van der Waals surface area contributed by atoms with Crippen LogP contribution in [0.3, 0.4) is 0 Å². The van der Waals surface area contributed by atoms with Crippen molar-refractivity contribution >= 4 is 21.4 Å². The fourth-order valence-electron chi connectivity index (χ4n) is 2.38. The summed E-state index contributed by atoms with van der Waals surface area (Å²) in [5.74, 6) is -0.903. The Labute approximate surface area is 119 Å². The minimum Gasteiger partial charge on any atom is -0.325 e. The van der Waals surface area contributed by atoms with Crippen molar-refractivity contribution in [2.24, 2.45) is 0 Å². The number of piperidine rings is 1. The molecule has 0 spiro atoms. The molecule has 0 aliphatic carbocycles. The highest BCUT2D eigenvalue weighted by Gasteiger charge is 2.29. The SMILES string of the molecule is Cc1cccc(NC(=O)CS(=O)(=O)C2CCNCC2)c1. The molecule has 6 heteroatoms. The Morgan fingerprint density at radius 2 is 2.05 bits per heavy atom. The zero-order valence-corrected chi connectivity index (χ0v) is 12.4. The number of benzene rings is 1. The Hall–Kier alpha value is -1.40. The minimum atomic E-state index is -3.36. The molecule has 110 valence electrons. The summed E-state index contributed by atoms with van der Waals surface area (Å²) in [5, 5.41) is 5.37. The lowest BCUT2D eigenvalue weighted by Gasteiger charge is -2.22. The van der Waals surface area contributed by atoms with Crippen LogP contribution in [-0.2, 0) is 14.6 Å². The molecule has 0 aromatic heterocycles. The second-order valence-corrected chi connectivity index (χ2v) is 7.46. The average molecular weight is 296 g/mol. The average Bonchev–Trinajstić information content (AvgIpc) is 2.39. The molecule has 1 heterocycles. The summed E-state index contributed by atoms with van der Waals surface area (Å²) in [4.78, 5) is 11.9. The smallest absolute Gasteiger partial charge is 0.239 e. The molecule has 1 aromatic rings. The zero-order valence-electron chi connectivity index (χ0n) is 11.6. The monoisotopic (exact) mass is 296 g/mol. The maximum absolute atomic E-state index is 12.2. The highest BCUT2D eigenvalue weighted by atomic mass is 32.2. The van der Waals surface area contributed by atoms with Crippen LogP contribution >= 0.6 is 0 Å². The Morgan fingerprint density at radius 1 is 1.35 bits per heavy atom. The maximum atomic E-state index is 12.2. The number of sulfone groups is 1. The van der Waals surface area contributed by atoms with Gasteiger partial charge in [0, 0.05) is 5.69 Å². The third-order valence-electron chi connectivity index (χ3n) is 3.43. The molecule has 0 unspecified atom stereocenters. The molecule has 1 aromatic carbocycles. The summed E-state index contributed by atoms with van der Waals surface area (Å²) >= 11 is 0. The molecule has 2 rings (SSSR count). The number of rotatable bonds is 4. The first-order chi connectivity index (χ1) is 9.47. The van der Waals surface area contributed by atoms with Crippen LogP contribution in [0.25, 0.3) is 0 Å². The summed E-state index contributed by atoms with van der Waals surface area (Å²) < 4.78 is 24.3. The number of aryl methyl sites for hydroxylation is 1. The van der Waals surface area contributed by atoms with Gasteiger partial charge in [-0.3, -0.25) is 4.79 Å². The molecule has 1 amide bonds. The van der Waals surface area contributed by atoms with E-state index in [1.807, 2.05) is 25.1 Å². The fraction of sp³-hybridized carbons (Fsp3) is 0.500. The highest BCUT2D eigenvalue weighted by Crippen LogP contribution is 2.15. The molecular formula is C14H20N2O3S. The van der Waals surface area contributed by atoms with Gasteiger partial charge in [-0.05, 0) is 50.6 Å². The normalized spacial score (nSPS) is 16.9. The van der Waals surface area contributed by atoms with Gasteiger partial charge in [0.2, 0.25) is 5.91 Å². The van der Waals surface area contributed by atoms with Crippen LogP contribution in [0.5, 0.6) is 0 Å². The predicted molar refractivity (Wildman–Crippen MR) is 79.5 cm³/mol. The van der Waals surface area contributed by atoms with Crippen molar-refractivity contribution in [2.75, 3.05) is 24.2 Å². The summed E-state index contributed by atoms with van der Waals surface area (Å²) in [6.45, 7) is 3.31. The Morgan fingerprint density at radius 3 is 2.70 bits per heavy atom. The van der Waals surface area contributed by atoms with Crippen LogP contribution in [0.15, 0.2) is 24.3 Å². The molecule has 0 atom stereocenters. The predicted octanol–water partition coefficient (Wildman–Crippen LogP) is 1.10. The number of nitrogens with one attached hydrogen (secondary N) is 2. The van der Waals surface area contributed by atoms with E-state index in [1.165, 1.54) is 0 Å². The van der Waals surface area contributed by atoms with Gasteiger partial charge in [0.25, 0.3) is 0 Å². The van der Waals surface area contributed by atoms with Crippen LogP contribution in [0, 0.1) is 6.92 Å². The van der Waals surface area contributed by atoms with E-state index in [2.05, 4.69) is 10.6 Å². The van der Waals surface area contributed by atoms with Crippen molar-refractivity contribution in [1.29, 1.82) is 0 Å². The first kappa shape index (κ1) is 15.0. The van der Waals surface area contributed by atoms with Gasteiger partial charge in [-0.1, -0.05) is 12.1 Å². The van der Waals surface area contributed by atoms with Crippen molar-refractivity contribution in [2.45, 2.75) is 25.0 Å². The van der Waals surface area contributed by atoms with Crippen LogP contribution in [0.2, 0.25) is 0 Å². The quantitative estimate of drug-likeness (QED) is 0.872. The molecule has 0 radical (unpaired) electrons. The van der Waals surface area contributed by atoms with E-state index in [4.69, 9.17) is 0 Å². The molecular weight excluding hydrogens is 276 g/mol. The summed E-state index contributed by atoms with van der Waals surface area (Å²) in [6, 6.07) is 7.31. The van der Waals surface area contributed by atoms with Crippen molar-refractivity contribution in [3.05, 3.63) is 29.8 Å². The van der Waals surface area contributed by atoms with E-state index in [-0.39, 0.29) is 0 Å². The van der Waals surface area contributed by atoms with Gasteiger partial charge < -0.3 is 10.6 Å². The van der Waals surface area contributed by atoms with Gasteiger partial charge in [-0.2, -0.15) is 0 Å². The second kappa shape index (κ2) is 6.37. The van der Waals surface area contributed by atoms with Crippen molar-refractivity contribution in [3.8, 4) is 0 Å². The Kier molecular flexibility index (Phi) is 4.77. The van der Waals surface area contributed by atoms with Gasteiger partial charge in [0.1, 0.15) is 5.75 Å². The molecule has 1 fully saturated rings. The summed E-state index contributed by atoms with van der Waals surface area (Å²) in [6.07, 6.45) is 1.17. The van der Waals surface area contributed by atoms with Gasteiger partial charge in [0.15, 0.2) is 9.84 Å². The van der Waals surface area contributed by atoms with Crippen LogP contribution < -0.4 is 10.6 Å². The van der Waals surface area contributed by atoms with Gasteiger partial charge in [0.05, 0.1) is 5.25 Å². The molecule has 1 aliphatic heterocycles. The van der Waals surface area contributed by atoms with Gasteiger partial charge in [-0.25, -0.2) is 8.42 Å². The van der Waals surface area contributed by atoms with Crippen LogP contribution in [-0.4, -0.2) is 38.4 Å². The third kappa shape index (κ3) is 4.05. The van der Waals surface area contributed by atoms with E-state index in [0.29, 0.717) is 31.6 Å². The number of hydrogen-bond donors (Lipinski definition) is 2. The second-order valence-electron chi connectivity index (χ2n) is 5.17. The fourth-order valence-corrected chi connectivity index (χ4v) is 4.00. The van der Waals surface area contributed by atoms with Crippen LogP contribution in [0.4, 0.5) is 5.69 Å². The van der Waals surface area contributed by atoms with E-state index in [1.54, 1.807) is 6.07 Å². The molecule has 20 heavy (non-hydrogen) atoms. The first-order valence-corrected chi connectivity index (χ1v) is 8.48. The largest absolute Gasteiger partial charge is 0.325 e. The molecule has 0 bridgehead atoms. The third-order valence-corrected chi connectivity index (χ3v) is 5.58. The summed E-state index contributed by atoms with van der Waals surface area (Å²) in [7, 11) is -3.36. The first-order valence-electron chi connectivity index (χ1n) is 6.76. The van der Waals surface area contributed by atoms with Gasteiger partial charge >= 0.3 is 0 Å². The van der Waals surface area contributed by atoms with E-state index >= 15 is 0 Å². The molecule has 0 saturated carbocycles. The lowest BCUT2D eigenvalue weighted by molar-refractivity contribution is -0.113. The number of carbonyl (C=O) groups excluding carboxylic acids is 1. The van der Waals surface area contributed by atoms with Crippen molar-refractivity contribution in [1.82, 2.24) is 5.32 Å². The summed E-state index contributed by atoms with van der Waals surface area (Å²) in [5.41, 5.74) is 1.65. The minimum absolute atomic E-state index is 0.396. The van der Waals surface area contributed by atoms with E-state index in [9.17, 15) is 13.2 Å². The Bertz CT molecular complexity index is 578. The number of amides is 1. The molecule has 1 saturated heterocycles. The van der Waals surface area contributed by atoms with E-state index < -0.39 is 26.7 Å². The molecule has 1 aliphatic rings. The van der Waals surface area contributed by atoms with Crippen molar-refractivity contribution in [3.63, 3.8) is 0 Å². The molecule has 5 nitrogen and oxygen atoms in total. The number of carbonyl (C=O) groups is 1. The zero-order chi connectivity index (χ0) is 14.6. The van der Waals surface area contributed by atoms with E-state index in [0.717, 1.165) is 5.56 Å². The van der Waals surface area contributed by atoms with Crippen molar-refractivity contribution < 1.29 is 13.2 Å². The topological polar surface area (TPSA) is 75.3 Å². The standard InChI is InChI=1S/C14H20N2O3S/c1-11-3-2-4-12(9-11)16-14(17)10-20(18,19)13-5-7-15-8-6-13/h2-4,9,13,15H,5-8,10H2,1H3,(H,16,17). The Balaban J connectivity index is 1.96. The number of hydrogen-bond acceptors (Lipinski definition) is 4. The van der Waals surface area contributed by atoms with Crippen LogP contribution in [0.1, 0.15) is 18.4 Å². The molecule has 2 N–H and O–H groups in total. The maximum Gasteiger partial charge on any atom is 0.239 e. The lowest BCUT2D eigenvalue weighted by atomic mass is 10.2. The number of anilines is 1. The van der Waals surface area contributed by atoms with Gasteiger partial charge in [-0.15, -0.1) is 0 Å². The lowest BCUT2D eigenvalue weighted by Crippen LogP contribution is -2.39. The highest BCUT2D eigenvalue weighted by molar-refractivity contribution is 7.92.